The van der Waals surface area contributed by atoms with Gasteiger partial charge in [0, 0.05) is 24.9 Å². The number of hydrogen-bond donors (Lipinski definition) is 4. The van der Waals surface area contributed by atoms with Crippen LogP contribution < -0.4 is 0 Å². The fourth-order valence-electron chi connectivity index (χ4n) is 6.03. The highest BCUT2D eigenvalue weighted by Gasteiger charge is 2.35. The van der Waals surface area contributed by atoms with E-state index in [-0.39, 0.29) is 50.7 Å². The lowest BCUT2D eigenvalue weighted by molar-refractivity contribution is -0.173. The third-order valence-corrected chi connectivity index (χ3v) is 7.38. The summed E-state index contributed by atoms with van der Waals surface area (Å²) in [7, 11) is 2.63. The van der Waals surface area contributed by atoms with Crippen molar-refractivity contribution in [3.63, 3.8) is 0 Å². The molecule has 0 aromatic heterocycles. The number of hydroxylamine groups is 6. The first kappa shape index (κ1) is 39.2. The molecule has 11 nitrogen and oxygen atoms in total. The molecule has 0 spiro atoms. The summed E-state index contributed by atoms with van der Waals surface area (Å²) in [6.07, 6.45) is 1.68. The second kappa shape index (κ2) is 15.6. The second-order valence-corrected chi connectivity index (χ2v) is 16.3. The zero-order valence-corrected chi connectivity index (χ0v) is 28.0. The van der Waals surface area contributed by atoms with Gasteiger partial charge in [-0.1, -0.05) is 62.3 Å². The minimum Gasteiger partial charge on any atom is -0.481 e. The first-order valence-electron chi connectivity index (χ1n) is 14.2. The van der Waals surface area contributed by atoms with Crippen molar-refractivity contribution in [2.24, 2.45) is 28.1 Å². The van der Waals surface area contributed by atoms with Crippen LogP contribution in [0.4, 0.5) is 0 Å². The van der Waals surface area contributed by atoms with Crippen molar-refractivity contribution in [3.8, 4) is 0 Å². The molecule has 0 aliphatic carbocycles. The normalized spacial score (nSPS) is 15.5. The molecular weight excluding hydrogens is 549 g/mol. The van der Waals surface area contributed by atoms with Crippen LogP contribution in [0, 0.1) is 28.1 Å². The Hall–Kier alpha value is -1.81. The van der Waals surface area contributed by atoms with Crippen LogP contribution in [-0.4, -0.2) is 84.4 Å². The highest BCUT2D eigenvalue weighted by atomic mass is 31.0. The first-order chi connectivity index (χ1) is 18.3. The zero-order valence-electron chi connectivity index (χ0n) is 26.9. The topological polar surface area (TPSA) is 159 Å². The maximum atomic E-state index is 12.8. The summed E-state index contributed by atoms with van der Waals surface area (Å²) < 4.78 is 0. The van der Waals surface area contributed by atoms with Crippen LogP contribution in [-0.2, 0) is 19.2 Å². The molecule has 0 heterocycles. The van der Waals surface area contributed by atoms with E-state index in [1.807, 2.05) is 62.3 Å². The molecule has 0 bridgehead atoms. The summed E-state index contributed by atoms with van der Waals surface area (Å²) in [5.41, 5.74) is -1.50. The van der Waals surface area contributed by atoms with Gasteiger partial charge >= 0.3 is 5.97 Å². The van der Waals surface area contributed by atoms with E-state index < -0.39 is 45.1 Å². The van der Waals surface area contributed by atoms with Gasteiger partial charge in [-0.2, -0.15) is 0 Å². The third kappa shape index (κ3) is 17.0. The quantitative estimate of drug-likeness (QED) is 0.0958. The number of aliphatic carboxylic acids is 1. The molecule has 0 aliphatic heterocycles. The minimum absolute atomic E-state index is 0.00411. The standard InChI is InChI=1S/C29H56N3O8P/c1-20(16-31(39)24(35)14-28(8,9)18-29(10,41)19-32(40)22(3)33)11-26(4,5)13-23(34)30(38)17-21(2)12-27(6,7)15-25(36)37/h20-21,38-40H,11-19,41H2,1-10H3,(H,36,37). The lowest BCUT2D eigenvalue weighted by atomic mass is 9.79. The molecule has 12 heteroatoms. The van der Waals surface area contributed by atoms with Crippen molar-refractivity contribution in [2.75, 3.05) is 19.6 Å². The second-order valence-electron chi connectivity index (χ2n) is 14.9. The largest absolute Gasteiger partial charge is 0.481 e. The smallest absolute Gasteiger partial charge is 0.303 e. The highest BCUT2D eigenvalue weighted by Crippen LogP contribution is 2.38. The molecule has 0 aliphatic rings. The van der Waals surface area contributed by atoms with Crippen LogP contribution in [0.5, 0.6) is 0 Å². The van der Waals surface area contributed by atoms with Gasteiger partial charge < -0.3 is 5.11 Å². The molecule has 3 amide bonds. The fraction of sp³-hybridized carbons (Fsp3) is 0.862. The lowest BCUT2D eigenvalue weighted by Gasteiger charge is -2.36. The third-order valence-electron chi connectivity index (χ3n) is 6.99. The predicted molar refractivity (Wildman–Crippen MR) is 159 cm³/mol. The number of carbonyl (C=O) groups excluding carboxylic acids is 3. The summed E-state index contributed by atoms with van der Waals surface area (Å²) in [4.78, 5) is 48.0. The molecule has 0 aromatic rings. The Balaban J connectivity index is 4.91. The molecule has 0 saturated carbocycles. The number of hydrogen-bond acceptors (Lipinski definition) is 7. The maximum Gasteiger partial charge on any atom is 0.303 e. The van der Waals surface area contributed by atoms with Gasteiger partial charge in [0.25, 0.3) is 0 Å². The van der Waals surface area contributed by atoms with Crippen LogP contribution >= 0.6 is 9.24 Å². The van der Waals surface area contributed by atoms with Crippen LogP contribution in [0.1, 0.15) is 108 Å². The van der Waals surface area contributed by atoms with E-state index in [4.69, 9.17) is 5.11 Å². The molecular formula is C29H56N3O8P. The van der Waals surface area contributed by atoms with E-state index >= 15 is 0 Å². The molecule has 240 valence electrons. The van der Waals surface area contributed by atoms with E-state index in [2.05, 4.69) is 9.24 Å². The van der Waals surface area contributed by atoms with Gasteiger partial charge in [-0.25, -0.2) is 15.2 Å². The van der Waals surface area contributed by atoms with Crippen LogP contribution in [0.15, 0.2) is 0 Å². The Labute approximate surface area is 248 Å². The van der Waals surface area contributed by atoms with Crippen LogP contribution in [0.25, 0.3) is 0 Å². The van der Waals surface area contributed by atoms with Crippen molar-refractivity contribution >= 4 is 32.9 Å². The number of rotatable bonds is 18. The average molecular weight is 606 g/mol. The first-order valence-corrected chi connectivity index (χ1v) is 14.8. The number of amides is 3. The highest BCUT2D eigenvalue weighted by molar-refractivity contribution is 7.19. The number of carbonyl (C=O) groups is 4. The molecule has 0 saturated heterocycles. The van der Waals surface area contributed by atoms with E-state index in [0.717, 1.165) is 5.06 Å². The maximum absolute atomic E-state index is 12.8. The van der Waals surface area contributed by atoms with Crippen molar-refractivity contribution in [1.82, 2.24) is 15.2 Å². The number of carboxylic acids is 1. The predicted octanol–water partition coefficient (Wildman–Crippen LogP) is 5.07. The summed E-state index contributed by atoms with van der Waals surface area (Å²) in [5, 5.41) is 41.3. The minimum atomic E-state index is -0.884. The molecule has 0 aromatic carbocycles. The van der Waals surface area contributed by atoms with Gasteiger partial charge in [-0.15, -0.1) is 9.24 Å². The summed E-state index contributed by atoms with van der Waals surface area (Å²) >= 11 is 0. The van der Waals surface area contributed by atoms with Crippen molar-refractivity contribution in [2.45, 2.75) is 113 Å². The average Bonchev–Trinajstić information content (AvgIpc) is 2.68. The Kier molecular flexibility index (Phi) is 14.9. The fourth-order valence-corrected chi connectivity index (χ4v) is 6.76. The zero-order chi connectivity index (χ0) is 32.6. The summed E-state index contributed by atoms with van der Waals surface area (Å²) in [6.45, 7) is 18.4. The molecule has 4 unspecified atom stereocenters. The lowest BCUT2D eigenvalue weighted by Crippen LogP contribution is -2.42. The molecule has 41 heavy (non-hydrogen) atoms. The Bertz CT molecular complexity index is 906. The van der Waals surface area contributed by atoms with Gasteiger partial charge in [0.05, 0.1) is 26.1 Å². The molecule has 0 radical (unpaired) electrons. The molecule has 0 rings (SSSR count). The molecule has 4 atom stereocenters. The van der Waals surface area contributed by atoms with Crippen molar-refractivity contribution in [3.05, 3.63) is 0 Å². The number of carboxylic acid groups (broad SMARTS) is 1. The van der Waals surface area contributed by atoms with Gasteiger partial charge in [0.1, 0.15) is 0 Å². The van der Waals surface area contributed by atoms with Crippen molar-refractivity contribution < 1.29 is 39.9 Å². The van der Waals surface area contributed by atoms with Crippen molar-refractivity contribution in [1.29, 1.82) is 0 Å². The van der Waals surface area contributed by atoms with Gasteiger partial charge in [-0.3, -0.25) is 34.8 Å². The Morgan fingerprint density at radius 1 is 0.683 bits per heavy atom. The monoisotopic (exact) mass is 605 g/mol. The Morgan fingerprint density at radius 2 is 1.05 bits per heavy atom. The SMILES string of the molecule is CC(=O)N(O)CC(C)(P)CC(C)(C)CC(=O)N(O)CC(C)CC(C)(C)CC(=O)N(O)CC(C)CC(C)(C)CC(=O)O. The molecule has 4 N–H and O–H groups in total. The number of nitrogens with zero attached hydrogens (tertiary/aromatic N) is 3. The van der Waals surface area contributed by atoms with Crippen LogP contribution in [0.2, 0.25) is 0 Å². The summed E-state index contributed by atoms with van der Waals surface area (Å²) in [5.74, 6) is -2.46. The van der Waals surface area contributed by atoms with E-state index in [9.17, 15) is 34.8 Å². The van der Waals surface area contributed by atoms with E-state index in [1.54, 1.807) is 0 Å². The Morgan fingerprint density at radius 3 is 1.41 bits per heavy atom. The van der Waals surface area contributed by atoms with Gasteiger partial charge in [0.15, 0.2) is 0 Å². The van der Waals surface area contributed by atoms with Gasteiger partial charge in [-0.05, 0) is 47.3 Å². The van der Waals surface area contributed by atoms with Crippen LogP contribution in [0.3, 0.4) is 0 Å². The van der Waals surface area contributed by atoms with Gasteiger partial charge in [0.2, 0.25) is 17.7 Å². The summed E-state index contributed by atoms with van der Waals surface area (Å²) in [6, 6.07) is 0. The van der Waals surface area contributed by atoms with E-state index in [0.29, 0.717) is 29.4 Å². The van der Waals surface area contributed by atoms with E-state index in [1.165, 1.54) is 6.92 Å². The molecule has 0 fully saturated rings.